The molecule has 6 heteroatoms. The zero-order valence-electron chi connectivity index (χ0n) is 14.2. The van der Waals surface area contributed by atoms with Crippen LogP contribution in [0.3, 0.4) is 0 Å². The molecule has 0 aliphatic heterocycles. The maximum atomic E-state index is 11.8. The summed E-state index contributed by atoms with van der Waals surface area (Å²) in [5.74, 6) is -3.71. The first-order chi connectivity index (χ1) is 12.3. The topological polar surface area (TPSA) is 101 Å². The van der Waals surface area contributed by atoms with Crippen molar-refractivity contribution in [3.8, 4) is 0 Å². The molecule has 3 unspecified atom stereocenters. The molecule has 0 saturated carbocycles. The maximum Gasteiger partial charge on any atom is 0.332 e. The Hall–Kier alpha value is -2.44. The fourth-order valence-electron chi connectivity index (χ4n) is 3.14. The van der Waals surface area contributed by atoms with Gasteiger partial charge in [-0.1, -0.05) is 58.4 Å². The summed E-state index contributed by atoms with van der Waals surface area (Å²) in [4.78, 5) is 23.0. The summed E-state index contributed by atoms with van der Waals surface area (Å²) >= 11 is 3.39. The van der Waals surface area contributed by atoms with Crippen molar-refractivity contribution in [3.05, 3.63) is 81.8 Å². The number of halogens is 1. The lowest BCUT2D eigenvalue weighted by atomic mass is 9.73. The molecule has 2 rings (SSSR count). The van der Waals surface area contributed by atoms with Crippen molar-refractivity contribution in [1.29, 1.82) is 0 Å². The molecular formula is C20H20BrNO4. The Bertz CT molecular complexity index is 800. The molecule has 0 spiro atoms. The number of carboxylic acids is 2. The van der Waals surface area contributed by atoms with Gasteiger partial charge in [-0.3, -0.25) is 0 Å². The molecule has 0 bridgehead atoms. The summed E-state index contributed by atoms with van der Waals surface area (Å²) in [5, 5.41) is 18.8. The number of benzene rings is 2. The van der Waals surface area contributed by atoms with Gasteiger partial charge in [0.25, 0.3) is 0 Å². The lowest BCUT2D eigenvalue weighted by Crippen LogP contribution is -2.36. The van der Waals surface area contributed by atoms with Crippen LogP contribution in [0, 0.1) is 5.92 Å². The highest BCUT2D eigenvalue weighted by molar-refractivity contribution is 9.10. The van der Waals surface area contributed by atoms with E-state index in [1.54, 1.807) is 6.92 Å². The van der Waals surface area contributed by atoms with Crippen LogP contribution in [0.4, 0.5) is 0 Å². The molecule has 136 valence electrons. The first kappa shape index (κ1) is 19.9. The number of nitrogens with two attached hydrogens (primary N) is 1. The van der Waals surface area contributed by atoms with Crippen LogP contribution in [0.5, 0.6) is 0 Å². The summed E-state index contributed by atoms with van der Waals surface area (Å²) in [6.07, 6.45) is 0.741. The molecule has 0 saturated heterocycles. The third-order valence-electron chi connectivity index (χ3n) is 4.20. The predicted molar refractivity (Wildman–Crippen MR) is 103 cm³/mol. The van der Waals surface area contributed by atoms with E-state index in [1.165, 1.54) is 0 Å². The van der Waals surface area contributed by atoms with E-state index in [4.69, 9.17) is 10.8 Å². The van der Waals surface area contributed by atoms with E-state index in [0.29, 0.717) is 0 Å². The fraction of sp³-hybridized carbons (Fsp3) is 0.200. The van der Waals surface area contributed by atoms with Gasteiger partial charge in [-0.25, -0.2) is 9.59 Å². The van der Waals surface area contributed by atoms with Crippen molar-refractivity contribution in [1.82, 2.24) is 0 Å². The minimum atomic E-state index is -1.31. The van der Waals surface area contributed by atoms with Crippen molar-refractivity contribution in [2.75, 3.05) is 0 Å². The van der Waals surface area contributed by atoms with E-state index >= 15 is 0 Å². The molecule has 2 aromatic carbocycles. The highest BCUT2D eigenvalue weighted by atomic mass is 79.9. The molecule has 0 aromatic heterocycles. The van der Waals surface area contributed by atoms with Crippen LogP contribution in [-0.2, 0) is 9.59 Å². The molecule has 2 aromatic rings. The maximum absolute atomic E-state index is 11.8. The van der Waals surface area contributed by atoms with Crippen molar-refractivity contribution in [2.24, 2.45) is 11.7 Å². The smallest absolute Gasteiger partial charge is 0.332 e. The van der Waals surface area contributed by atoms with Crippen molar-refractivity contribution < 1.29 is 19.8 Å². The molecule has 0 radical (unpaired) electrons. The van der Waals surface area contributed by atoms with Crippen LogP contribution >= 0.6 is 15.9 Å². The number of hydrogen-bond donors (Lipinski definition) is 3. The second-order valence-corrected chi connectivity index (χ2v) is 6.98. The molecular weight excluding hydrogens is 398 g/mol. The lowest BCUT2D eigenvalue weighted by molar-refractivity contribution is -0.135. The van der Waals surface area contributed by atoms with Gasteiger partial charge in [0.05, 0.1) is 0 Å². The van der Waals surface area contributed by atoms with E-state index in [9.17, 15) is 14.7 Å². The Labute approximate surface area is 160 Å². The molecule has 26 heavy (non-hydrogen) atoms. The number of rotatable bonds is 7. The van der Waals surface area contributed by atoms with Gasteiger partial charge in [0.15, 0.2) is 0 Å². The summed E-state index contributed by atoms with van der Waals surface area (Å²) in [7, 11) is 0. The van der Waals surface area contributed by atoms with E-state index < -0.39 is 29.8 Å². The Balaban J connectivity index is 2.68. The van der Waals surface area contributed by atoms with Gasteiger partial charge in [-0.15, -0.1) is 0 Å². The van der Waals surface area contributed by atoms with Crippen LogP contribution in [0.25, 0.3) is 0 Å². The third-order valence-corrected chi connectivity index (χ3v) is 4.73. The molecule has 0 aliphatic rings. The predicted octanol–water partition coefficient (Wildman–Crippen LogP) is 3.64. The first-order valence-electron chi connectivity index (χ1n) is 8.05. The van der Waals surface area contributed by atoms with Gasteiger partial charge in [-0.2, -0.15) is 0 Å². The van der Waals surface area contributed by atoms with Crippen LogP contribution in [0.15, 0.2) is 70.7 Å². The average molecular weight is 418 g/mol. The van der Waals surface area contributed by atoms with Crippen LogP contribution < -0.4 is 5.73 Å². The Kier molecular flexibility index (Phi) is 6.71. The van der Waals surface area contributed by atoms with Gasteiger partial charge in [0.2, 0.25) is 0 Å². The molecule has 3 atom stereocenters. The van der Waals surface area contributed by atoms with Crippen LogP contribution in [-0.4, -0.2) is 28.2 Å². The quantitative estimate of drug-likeness (QED) is 0.596. The number of hydrogen-bond acceptors (Lipinski definition) is 3. The average Bonchev–Trinajstić information content (AvgIpc) is 2.59. The standard InChI is InChI=1S/C20H20BrNO4/c1-12(22)18(16(20(25)26)11-17(23)24)19(13-5-3-2-4-6-13)14-7-9-15(21)10-8-14/h2-12,18-19H,22H2,1H3,(H,23,24)(H,25,26)/b16-11+. The second-order valence-electron chi connectivity index (χ2n) is 6.07. The largest absolute Gasteiger partial charge is 0.478 e. The van der Waals surface area contributed by atoms with Gasteiger partial charge < -0.3 is 15.9 Å². The summed E-state index contributed by atoms with van der Waals surface area (Å²) in [6.45, 7) is 1.69. The fourth-order valence-corrected chi connectivity index (χ4v) is 3.40. The number of aliphatic carboxylic acids is 2. The third kappa shape index (κ3) is 4.80. The molecule has 0 aliphatic carbocycles. The van der Waals surface area contributed by atoms with Crippen molar-refractivity contribution in [3.63, 3.8) is 0 Å². The van der Waals surface area contributed by atoms with Gasteiger partial charge in [0.1, 0.15) is 0 Å². The molecule has 0 amide bonds. The molecule has 4 N–H and O–H groups in total. The minimum absolute atomic E-state index is 0.218. The number of carboxylic acid groups (broad SMARTS) is 2. The highest BCUT2D eigenvalue weighted by Crippen LogP contribution is 2.38. The summed E-state index contributed by atoms with van der Waals surface area (Å²) in [6, 6.07) is 16.3. The van der Waals surface area contributed by atoms with Gasteiger partial charge in [-0.05, 0) is 30.2 Å². The molecule has 0 fully saturated rings. The zero-order valence-corrected chi connectivity index (χ0v) is 15.8. The Morgan fingerprint density at radius 1 is 1.00 bits per heavy atom. The normalized spacial score (nSPS) is 15.1. The minimum Gasteiger partial charge on any atom is -0.478 e. The SMILES string of the molecule is CC(N)C(/C(=C\C(=O)O)C(=O)O)C(c1ccccc1)c1ccc(Br)cc1. The van der Waals surface area contributed by atoms with E-state index in [2.05, 4.69) is 15.9 Å². The van der Waals surface area contributed by atoms with Crippen molar-refractivity contribution >= 4 is 27.9 Å². The molecule has 5 nitrogen and oxygen atoms in total. The highest BCUT2D eigenvalue weighted by Gasteiger charge is 2.34. The lowest BCUT2D eigenvalue weighted by Gasteiger charge is -2.31. The van der Waals surface area contributed by atoms with E-state index in [-0.39, 0.29) is 5.57 Å². The second kappa shape index (κ2) is 8.78. The number of carbonyl (C=O) groups is 2. The monoisotopic (exact) mass is 417 g/mol. The Morgan fingerprint density at radius 2 is 1.54 bits per heavy atom. The van der Waals surface area contributed by atoms with E-state index in [0.717, 1.165) is 21.7 Å². The summed E-state index contributed by atoms with van der Waals surface area (Å²) in [5.41, 5.74) is 7.66. The Morgan fingerprint density at radius 3 is 2.00 bits per heavy atom. The summed E-state index contributed by atoms with van der Waals surface area (Å²) < 4.78 is 0.893. The van der Waals surface area contributed by atoms with Gasteiger partial charge in [0, 0.05) is 34.0 Å². The first-order valence-corrected chi connectivity index (χ1v) is 8.84. The van der Waals surface area contributed by atoms with Crippen molar-refractivity contribution in [2.45, 2.75) is 18.9 Å². The zero-order chi connectivity index (χ0) is 19.3. The van der Waals surface area contributed by atoms with Crippen LogP contribution in [0.1, 0.15) is 24.0 Å². The van der Waals surface area contributed by atoms with Crippen LogP contribution in [0.2, 0.25) is 0 Å². The molecule has 0 heterocycles. The van der Waals surface area contributed by atoms with Gasteiger partial charge >= 0.3 is 11.9 Å². The van der Waals surface area contributed by atoms with E-state index in [1.807, 2.05) is 54.6 Å².